The Morgan fingerprint density at radius 2 is 1.90 bits per heavy atom. The fourth-order valence-corrected chi connectivity index (χ4v) is 2.12. The van der Waals surface area contributed by atoms with Crippen molar-refractivity contribution in [1.82, 2.24) is 0 Å². The first-order chi connectivity index (χ1) is 4.84. The molecule has 1 aromatic rings. The van der Waals surface area contributed by atoms with Crippen molar-refractivity contribution in [3.8, 4) is 0 Å². The van der Waals surface area contributed by atoms with Crippen molar-refractivity contribution >= 4 is 5.93 Å². The summed E-state index contributed by atoms with van der Waals surface area (Å²) in [6.07, 6.45) is 0. The number of rotatable bonds is 2. The molecule has 2 unspecified atom stereocenters. The summed E-state index contributed by atoms with van der Waals surface area (Å²) in [7, 11) is 0. The van der Waals surface area contributed by atoms with Gasteiger partial charge in [0.25, 0.3) is 0 Å². The fourth-order valence-electron chi connectivity index (χ4n) is 0.838. The van der Waals surface area contributed by atoms with Crippen LogP contribution in [-0.4, -0.2) is 0 Å². The molecule has 0 aliphatic carbocycles. The van der Waals surface area contributed by atoms with Crippen LogP contribution in [0.3, 0.4) is 0 Å². The van der Waals surface area contributed by atoms with Crippen molar-refractivity contribution in [2.45, 2.75) is 12.6 Å². The predicted octanol–water partition coefficient (Wildman–Crippen LogP) is 2.89. The molecule has 10 heavy (non-hydrogen) atoms. The van der Waals surface area contributed by atoms with E-state index in [1.54, 1.807) is 0 Å². The topological polar surface area (TPSA) is 0 Å². The van der Waals surface area contributed by atoms with Crippen LogP contribution in [0.1, 0.15) is 18.1 Å². The molecular weight excluding hydrogens is 172 g/mol. The van der Waals surface area contributed by atoms with Gasteiger partial charge in [-0.25, -0.2) is 0 Å². The van der Waals surface area contributed by atoms with Gasteiger partial charge in [-0.1, -0.05) is 0 Å². The molecule has 0 aliphatic heterocycles. The minimum atomic E-state index is 0.765. The first kappa shape index (κ1) is 8.62. The summed E-state index contributed by atoms with van der Waals surface area (Å²) >= 11 is 1.84. The van der Waals surface area contributed by atoms with E-state index < -0.39 is 0 Å². The van der Waals surface area contributed by atoms with E-state index in [1.165, 1.54) is 5.56 Å². The number of hydrogen-bond acceptors (Lipinski definition) is 0. The molecule has 1 aromatic carbocycles. The van der Waals surface area contributed by atoms with Crippen molar-refractivity contribution in [2.75, 3.05) is 0 Å². The predicted molar refractivity (Wildman–Crippen MR) is 43.2 cm³/mol. The zero-order chi connectivity index (χ0) is 7.40. The van der Waals surface area contributed by atoms with Crippen LogP contribution in [0.25, 0.3) is 0 Å². The van der Waals surface area contributed by atoms with Gasteiger partial charge >= 0.3 is 78.2 Å². The van der Waals surface area contributed by atoms with Gasteiger partial charge in [-0.05, 0) is 0 Å². The van der Waals surface area contributed by atoms with Crippen molar-refractivity contribution in [3.63, 3.8) is 0 Å². The second-order valence-electron chi connectivity index (χ2n) is 2.30. The number of benzene rings is 1. The fraction of sp³-hybridized carbons (Fsp3) is 0.250. The Morgan fingerprint density at radius 1 is 1.30 bits per heavy atom. The second-order valence-corrected chi connectivity index (χ2v) is 5.06. The normalized spacial score (nSPS) is 14.0. The zero-order valence-corrected chi connectivity index (χ0v) is 8.84. The van der Waals surface area contributed by atoms with E-state index >= 15 is 0 Å². The Bertz CT molecular complexity index is 186. The molecule has 2 atom stereocenters. The first-order valence-electron chi connectivity index (χ1n) is 3.35. The van der Waals surface area contributed by atoms with Gasteiger partial charge in [-0.3, -0.25) is 0 Å². The van der Waals surface area contributed by atoms with Crippen LogP contribution in [0.2, 0.25) is 0 Å². The monoisotopic (exact) mass is 182 g/mol. The van der Waals surface area contributed by atoms with Gasteiger partial charge in [0.1, 0.15) is 0 Å². The summed E-state index contributed by atoms with van der Waals surface area (Å²) in [6, 6.07) is 10.7. The second kappa shape index (κ2) is 4.41. The summed E-state index contributed by atoms with van der Waals surface area (Å²) in [5.41, 5.74) is 2.24. The van der Waals surface area contributed by atoms with Gasteiger partial charge in [-0.2, -0.15) is 0 Å². The minimum absolute atomic E-state index is 0.765. The summed E-state index contributed by atoms with van der Waals surface area (Å²) in [5, 5.41) is 0. The van der Waals surface area contributed by atoms with Gasteiger partial charge in [0.05, 0.1) is 0 Å². The van der Waals surface area contributed by atoms with Gasteiger partial charge in [0, 0.05) is 0 Å². The Kier molecular flexibility index (Phi) is 3.80. The third-order valence-corrected chi connectivity index (χ3v) is 4.73. The average molecular weight is 182 g/mol. The first-order valence-corrected chi connectivity index (χ1v) is 7.21. The van der Waals surface area contributed by atoms with Crippen LogP contribution >= 0.6 is 5.93 Å². The molecule has 0 spiro atoms. The average Bonchev–Trinajstić information content (AvgIpc) is 2.05. The zero-order valence-electron chi connectivity index (χ0n) is 6.04. The van der Waals surface area contributed by atoms with E-state index in [0.29, 0.717) is 0 Å². The third kappa shape index (κ3) is 2.29. The van der Waals surface area contributed by atoms with Crippen molar-refractivity contribution in [3.05, 3.63) is 35.9 Å². The molecule has 0 heterocycles. The van der Waals surface area contributed by atoms with Crippen LogP contribution < -0.4 is 0 Å². The Hall–Kier alpha value is 0.520. The molecule has 0 N–H and O–H groups in total. The molecule has 0 saturated heterocycles. The van der Waals surface area contributed by atoms with E-state index in [9.17, 15) is 0 Å². The molecule has 0 fully saturated rings. The maximum absolute atomic E-state index is 2.29. The quantitative estimate of drug-likeness (QED) is 0.617. The molecule has 0 amide bonds. The Balaban J connectivity index is 2.75. The SMILES string of the molecule is CC([PH][Sc])c1ccccc1. The van der Waals surface area contributed by atoms with Gasteiger partial charge in [-0.15, -0.1) is 0 Å². The molecule has 1 rings (SSSR count). The Morgan fingerprint density at radius 3 is 2.40 bits per heavy atom. The molecular formula is C8H10PSc. The maximum atomic E-state index is 2.29. The summed E-state index contributed by atoms with van der Waals surface area (Å²) < 4.78 is 0. The molecule has 2 heteroatoms. The molecule has 0 bridgehead atoms. The molecule has 0 radical (unpaired) electrons. The van der Waals surface area contributed by atoms with Crippen LogP contribution in [0.5, 0.6) is 0 Å². The van der Waals surface area contributed by atoms with E-state index in [1.807, 2.05) is 23.8 Å². The van der Waals surface area contributed by atoms with Gasteiger partial charge in [0.2, 0.25) is 0 Å². The molecule has 0 saturated carbocycles. The van der Waals surface area contributed by atoms with Crippen molar-refractivity contribution < 1.29 is 23.8 Å². The van der Waals surface area contributed by atoms with Crippen LogP contribution in [0.15, 0.2) is 30.3 Å². The van der Waals surface area contributed by atoms with E-state index in [0.717, 1.165) is 11.6 Å². The summed E-state index contributed by atoms with van der Waals surface area (Å²) in [5.74, 6) is 1.07. The summed E-state index contributed by atoms with van der Waals surface area (Å²) in [4.78, 5) is 0. The van der Waals surface area contributed by atoms with Crippen LogP contribution in [0.4, 0.5) is 0 Å². The molecule has 50 valence electrons. The standard InChI is InChI=1S/C8H10P.Sc/c1-7(9)8-5-3-2-4-6-8;/h2-7,9H,1H3;/q-1;+1. The van der Waals surface area contributed by atoms with E-state index in [-0.39, 0.29) is 0 Å². The summed E-state index contributed by atoms with van der Waals surface area (Å²) in [6.45, 7) is 2.29. The molecule has 0 aliphatic rings. The van der Waals surface area contributed by atoms with Gasteiger partial charge < -0.3 is 0 Å². The number of hydrogen-bond donors (Lipinski definition) is 0. The van der Waals surface area contributed by atoms with Crippen LogP contribution in [0, 0.1) is 0 Å². The van der Waals surface area contributed by atoms with E-state index in [2.05, 4.69) is 37.3 Å². The Labute approximate surface area is 78.0 Å². The van der Waals surface area contributed by atoms with Crippen molar-refractivity contribution in [2.24, 2.45) is 0 Å². The van der Waals surface area contributed by atoms with Gasteiger partial charge in [0.15, 0.2) is 0 Å². The molecule has 0 aromatic heterocycles. The van der Waals surface area contributed by atoms with E-state index in [4.69, 9.17) is 0 Å². The van der Waals surface area contributed by atoms with Crippen molar-refractivity contribution in [1.29, 1.82) is 0 Å². The third-order valence-electron chi connectivity index (χ3n) is 1.55. The van der Waals surface area contributed by atoms with Crippen LogP contribution in [-0.2, 0) is 23.8 Å². The molecule has 0 nitrogen and oxygen atoms in total.